The Kier molecular flexibility index (Phi) is 7.89. The van der Waals surface area contributed by atoms with Crippen LogP contribution >= 0.6 is 11.3 Å². The summed E-state index contributed by atoms with van der Waals surface area (Å²) in [5.41, 5.74) is 2.71. The van der Waals surface area contributed by atoms with Crippen molar-refractivity contribution < 1.29 is 31.5 Å². The first kappa shape index (κ1) is 26.3. The molecule has 8 nitrogen and oxygen atoms in total. The molecule has 0 fully saturated rings. The molecular formula is C25H25NO7S2. The summed E-state index contributed by atoms with van der Waals surface area (Å²) in [4.78, 5) is 23.9. The van der Waals surface area contributed by atoms with Gasteiger partial charge >= 0.3 is 5.97 Å². The Balaban J connectivity index is 0.000000261. The molecule has 0 saturated carbocycles. The highest BCUT2D eigenvalue weighted by atomic mass is 32.2. The van der Waals surface area contributed by atoms with Gasteiger partial charge in [-0.3, -0.25) is 9.59 Å². The van der Waals surface area contributed by atoms with E-state index in [4.69, 9.17) is 9.15 Å². The zero-order valence-corrected chi connectivity index (χ0v) is 21.6. The zero-order chi connectivity index (χ0) is 25.9. The van der Waals surface area contributed by atoms with Crippen molar-refractivity contribution in [2.75, 3.05) is 0 Å². The van der Waals surface area contributed by atoms with Crippen LogP contribution in [0.3, 0.4) is 0 Å². The first-order valence-electron chi connectivity index (χ1n) is 10.7. The summed E-state index contributed by atoms with van der Waals surface area (Å²) in [5.74, 6) is 0.496. The van der Waals surface area contributed by atoms with E-state index in [9.17, 15) is 22.6 Å². The second kappa shape index (κ2) is 10.5. The zero-order valence-electron chi connectivity index (χ0n) is 19.9. The van der Waals surface area contributed by atoms with E-state index in [1.165, 1.54) is 19.1 Å². The summed E-state index contributed by atoms with van der Waals surface area (Å²) in [6.45, 7) is 9.79. The molecule has 0 spiro atoms. The van der Waals surface area contributed by atoms with Gasteiger partial charge in [0.25, 0.3) is 0 Å². The maximum atomic E-state index is 13.0. The fraction of sp³-hybridized carbons (Fsp3) is 0.240. The number of carbonyl (C=O) groups excluding carboxylic acids is 1. The number of esters is 1. The molecular weight excluding hydrogens is 490 g/mol. The van der Waals surface area contributed by atoms with Crippen LogP contribution in [0.5, 0.6) is 5.75 Å². The number of fused-ring (bicyclic) bond motifs is 1. The highest BCUT2D eigenvalue weighted by Crippen LogP contribution is 2.26. The highest BCUT2D eigenvalue weighted by molar-refractivity contribution is 7.85. The van der Waals surface area contributed by atoms with Gasteiger partial charge in [-0.1, -0.05) is 29.0 Å². The normalized spacial score (nSPS) is 11.1. The highest BCUT2D eigenvalue weighted by Gasteiger charge is 2.24. The van der Waals surface area contributed by atoms with Crippen LogP contribution in [0, 0.1) is 20.8 Å². The van der Waals surface area contributed by atoms with Crippen LogP contribution in [0.4, 0.5) is 0 Å². The Bertz CT molecular complexity index is 1550. The van der Waals surface area contributed by atoms with Gasteiger partial charge in [0.15, 0.2) is 0 Å². The van der Waals surface area contributed by atoms with Crippen LogP contribution < -0.4 is 14.7 Å². The van der Waals surface area contributed by atoms with Crippen LogP contribution in [0.2, 0.25) is 0 Å². The molecule has 0 atom stereocenters. The summed E-state index contributed by atoms with van der Waals surface area (Å²) in [7, 11) is -4.27. The lowest BCUT2D eigenvalue weighted by atomic mass is 10.1. The van der Waals surface area contributed by atoms with Crippen LogP contribution in [-0.4, -0.2) is 18.9 Å². The Morgan fingerprint density at radius 3 is 2.34 bits per heavy atom. The molecule has 4 aromatic rings. The number of nitrogens with zero attached hydrogens (tertiary/aromatic N) is 1. The van der Waals surface area contributed by atoms with E-state index >= 15 is 0 Å². The lowest BCUT2D eigenvalue weighted by Crippen LogP contribution is -2.36. The van der Waals surface area contributed by atoms with Gasteiger partial charge in [0.1, 0.15) is 39.3 Å². The molecule has 2 aromatic heterocycles. The Morgan fingerprint density at radius 1 is 1.11 bits per heavy atom. The van der Waals surface area contributed by atoms with Gasteiger partial charge in [-0.2, -0.15) is 4.57 Å². The molecule has 2 aromatic carbocycles. The molecule has 10 heteroatoms. The van der Waals surface area contributed by atoms with Crippen molar-refractivity contribution in [3.8, 4) is 17.0 Å². The summed E-state index contributed by atoms with van der Waals surface area (Å²) >= 11 is 1.61. The number of hydrogen-bond donors (Lipinski definition) is 0. The number of thiazole rings is 1. The maximum Gasteiger partial charge on any atom is 0.308 e. The number of benzene rings is 2. The molecule has 184 valence electrons. The fourth-order valence-corrected chi connectivity index (χ4v) is 4.89. The molecule has 4 rings (SSSR count). The van der Waals surface area contributed by atoms with Crippen molar-refractivity contribution in [3.63, 3.8) is 0 Å². The quantitative estimate of drug-likeness (QED) is 0.172. The van der Waals surface area contributed by atoms with Crippen molar-refractivity contribution in [2.45, 2.75) is 46.1 Å². The van der Waals surface area contributed by atoms with Crippen LogP contribution in [0.25, 0.3) is 22.2 Å². The number of rotatable bonds is 4. The fourth-order valence-electron chi connectivity index (χ4n) is 3.54. The van der Waals surface area contributed by atoms with Gasteiger partial charge in [-0.25, -0.2) is 8.42 Å². The molecule has 0 unspecified atom stereocenters. The van der Waals surface area contributed by atoms with Crippen LogP contribution in [0.1, 0.15) is 30.2 Å². The van der Waals surface area contributed by atoms with E-state index < -0.39 is 16.1 Å². The molecule has 35 heavy (non-hydrogen) atoms. The molecule has 0 amide bonds. The summed E-state index contributed by atoms with van der Waals surface area (Å²) < 4.78 is 44.2. The van der Waals surface area contributed by atoms with Gasteiger partial charge in [-0.15, -0.1) is 0 Å². The summed E-state index contributed by atoms with van der Waals surface area (Å²) in [6.07, 6.45) is 0. The summed E-state index contributed by atoms with van der Waals surface area (Å²) in [5, 5.41) is 3.59. The molecule has 0 aliphatic heterocycles. The van der Waals surface area contributed by atoms with E-state index in [1.54, 1.807) is 48.6 Å². The minimum Gasteiger partial charge on any atom is -0.744 e. The van der Waals surface area contributed by atoms with E-state index in [0.717, 1.165) is 22.8 Å². The average molecular weight is 516 g/mol. The van der Waals surface area contributed by atoms with E-state index in [0.29, 0.717) is 28.0 Å². The van der Waals surface area contributed by atoms with Gasteiger partial charge in [0, 0.05) is 19.9 Å². The third-order valence-corrected chi connectivity index (χ3v) is 6.95. The Hall–Kier alpha value is -3.34. The van der Waals surface area contributed by atoms with Crippen LogP contribution in [-0.2, 0) is 21.5 Å². The van der Waals surface area contributed by atoms with E-state index in [-0.39, 0.29) is 10.3 Å². The standard InChI is InChI=1S/C18H18NO4S.C7H8O3S/c1-5-19-11(3)24-9-15(19)17-10(2)22-16-8-13(23-12(4)20)6-7-14(16)18(17)21;1-6-2-4-7(5-3-6)11(8,9)10/h6-9H,5H2,1-4H3;2-5H,1H3,(H,8,9,10)/q+1;/p-1. The predicted octanol–water partition coefficient (Wildman–Crippen LogP) is 4.27. The number of carbonyl (C=O) groups is 1. The topological polar surface area (TPSA) is 118 Å². The third kappa shape index (κ3) is 6.02. The largest absolute Gasteiger partial charge is 0.744 e. The SMILES string of the molecule is CC[n+]1c(-c2c(C)oc3cc(OC(C)=O)ccc3c2=O)csc1C.Cc1ccc(S(=O)(=O)[O-])cc1. The monoisotopic (exact) mass is 515 g/mol. The molecule has 0 bridgehead atoms. The second-order valence-electron chi connectivity index (χ2n) is 7.77. The second-order valence-corrected chi connectivity index (χ2v) is 10.2. The lowest BCUT2D eigenvalue weighted by molar-refractivity contribution is -0.683. The molecule has 0 N–H and O–H groups in total. The number of hydrogen-bond acceptors (Lipinski definition) is 8. The van der Waals surface area contributed by atoms with E-state index in [1.807, 2.05) is 26.2 Å². The first-order chi connectivity index (χ1) is 16.4. The van der Waals surface area contributed by atoms with Crippen molar-refractivity contribution in [1.29, 1.82) is 0 Å². The minimum atomic E-state index is -4.27. The van der Waals surface area contributed by atoms with Gasteiger partial charge in [0.05, 0.1) is 15.7 Å². The minimum absolute atomic E-state index is 0.0804. The number of aromatic nitrogens is 1. The number of aryl methyl sites for hydroxylation is 3. The molecule has 0 aliphatic rings. The van der Waals surface area contributed by atoms with Crippen molar-refractivity contribution in [1.82, 2.24) is 0 Å². The number of ether oxygens (including phenoxy) is 1. The van der Waals surface area contributed by atoms with Gasteiger partial charge < -0.3 is 13.7 Å². The molecule has 0 saturated heterocycles. The van der Waals surface area contributed by atoms with Gasteiger partial charge in [0.2, 0.25) is 16.1 Å². The van der Waals surface area contributed by atoms with Crippen molar-refractivity contribution >= 4 is 38.4 Å². The lowest BCUT2D eigenvalue weighted by Gasteiger charge is -2.06. The average Bonchev–Trinajstić information content (AvgIpc) is 3.13. The Morgan fingerprint density at radius 2 is 1.77 bits per heavy atom. The summed E-state index contributed by atoms with van der Waals surface area (Å²) in [6, 6.07) is 10.6. The van der Waals surface area contributed by atoms with Crippen LogP contribution in [0.15, 0.2) is 62.0 Å². The maximum absolute atomic E-state index is 13.0. The predicted molar refractivity (Wildman–Crippen MR) is 132 cm³/mol. The van der Waals surface area contributed by atoms with Gasteiger partial charge in [-0.05, 0) is 45.0 Å². The molecule has 2 heterocycles. The first-order valence-corrected chi connectivity index (χ1v) is 13.0. The smallest absolute Gasteiger partial charge is 0.308 e. The molecule has 0 aliphatic carbocycles. The molecule has 0 radical (unpaired) electrons. The third-order valence-electron chi connectivity index (χ3n) is 5.20. The van der Waals surface area contributed by atoms with E-state index in [2.05, 4.69) is 4.57 Å². The Labute approximate surface area is 207 Å². The van der Waals surface area contributed by atoms with Crippen molar-refractivity contribution in [3.05, 3.63) is 74.4 Å². The van der Waals surface area contributed by atoms with Crippen molar-refractivity contribution in [2.24, 2.45) is 0 Å².